The van der Waals surface area contributed by atoms with Gasteiger partial charge in [0.1, 0.15) is 0 Å². The van der Waals surface area contributed by atoms with Crippen LogP contribution in [0.3, 0.4) is 0 Å². The number of hydrogen-bond donors (Lipinski definition) is 0. The van der Waals surface area contributed by atoms with Crippen LogP contribution in [0.4, 0.5) is 0 Å². The summed E-state index contributed by atoms with van der Waals surface area (Å²) < 4.78 is 0.165. The molecule has 7 rings (SSSR count). The van der Waals surface area contributed by atoms with Crippen LogP contribution in [-0.4, -0.2) is 5.92 Å². The van der Waals surface area contributed by atoms with Gasteiger partial charge < -0.3 is 0 Å². The second-order valence-corrected chi connectivity index (χ2v) is 61.0. The van der Waals surface area contributed by atoms with Gasteiger partial charge in [-0.05, 0) is 0 Å². The zero-order chi connectivity index (χ0) is 37.4. The number of aryl methyl sites for hydroxylation is 1. The van der Waals surface area contributed by atoms with Gasteiger partial charge in [-0.25, -0.2) is 0 Å². The molecule has 0 bridgehead atoms. The van der Waals surface area contributed by atoms with E-state index in [4.69, 9.17) is 17.0 Å². The van der Waals surface area contributed by atoms with Gasteiger partial charge in [-0.15, -0.1) is 0 Å². The van der Waals surface area contributed by atoms with E-state index in [2.05, 4.69) is 172 Å². The minimum absolute atomic E-state index is 0.0773. The molecular weight excluding hydrogens is 767 g/mol. The first-order chi connectivity index (χ1) is 24.4. The molecule has 3 aliphatic rings. The maximum atomic E-state index is 8.85. The van der Waals surface area contributed by atoms with Crippen molar-refractivity contribution in [1.82, 2.24) is 0 Å². The van der Waals surface area contributed by atoms with Gasteiger partial charge in [0, 0.05) is 0 Å². The van der Waals surface area contributed by atoms with Crippen molar-refractivity contribution >= 4 is 35.1 Å². The van der Waals surface area contributed by atoms with Crippen LogP contribution in [0.1, 0.15) is 114 Å². The Labute approximate surface area is 323 Å². The zero-order valence-corrected chi connectivity index (χ0v) is 38.1. The summed E-state index contributed by atoms with van der Waals surface area (Å²) in [4.78, 5) is 0. The Bertz CT molecular complexity index is 2120. The molecule has 0 heterocycles. The number of halogens is 2. The topological polar surface area (TPSA) is 0 Å². The summed E-state index contributed by atoms with van der Waals surface area (Å²) in [6, 6.07) is 30.2. The molecule has 0 radical (unpaired) electrons. The third-order valence-corrected chi connectivity index (χ3v) is 64.7. The third-order valence-electron chi connectivity index (χ3n) is 12.8. The van der Waals surface area contributed by atoms with E-state index < -0.39 is 21.5 Å². The molecular formula is C48H57Cl2SiZr. The predicted molar refractivity (Wildman–Crippen MR) is 230 cm³/mol. The Morgan fingerprint density at radius 2 is 1.23 bits per heavy atom. The van der Waals surface area contributed by atoms with Gasteiger partial charge in [-0.3, -0.25) is 0 Å². The number of rotatable bonds is 6. The molecule has 3 atom stereocenters. The van der Waals surface area contributed by atoms with E-state index >= 15 is 0 Å². The summed E-state index contributed by atoms with van der Waals surface area (Å²) in [5, 5.41) is 0. The van der Waals surface area contributed by atoms with Crippen molar-refractivity contribution in [3.8, 4) is 22.3 Å². The molecule has 4 aromatic rings. The molecule has 0 spiro atoms. The molecule has 4 heteroatoms. The van der Waals surface area contributed by atoms with Gasteiger partial charge in [0.05, 0.1) is 0 Å². The molecule has 0 N–H and O–H groups in total. The molecule has 0 saturated heterocycles. The van der Waals surface area contributed by atoms with Crippen molar-refractivity contribution in [3.05, 3.63) is 141 Å². The minimum atomic E-state index is -4.93. The van der Waals surface area contributed by atoms with Crippen molar-refractivity contribution in [3.63, 3.8) is 0 Å². The van der Waals surface area contributed by atoms with E-state index in [-0.39, 0.29) is 18.1 Å². The Balaban J connectivity index is 1.42. The van der Waals surface area contributed by atoms with Crippen molar-refractivity contribution in [2.24, 2.45) is 5.92 Å². The third kappa shape index (κ3) is 6.30. The molecule has 0 amide bonds. The van der Waals surface area contributed by atoms with Gasteiger partial charge in [0.2, 0.25) is 0 Å². The molecule has 0 aliphatic heterocycles. The quantitative estimate of drug-likeness (QED) is 0.134. The first kappa shape index (κ1) is 38.1. The predicted octanol–water partition coefficient (Wildman–Crippen LogP) is 14.9. The summed E-state index contributed by atoms with van der Waals surface area (Å²) in [6.45, 7) is 23.3. The number of hydrogen-bond acceptors (Lipinski definition) is 0. The van der Waals surface area contributed by atoms with E-state index in [0.29, 0.717) is 5.92 Å². The van der Waals surface area contributed by atoms with E-state index in [0.717, 1.165) is 19.3 Å². The van der Waals surface area contributed by atoms with Gasteiger partial charge in [-0.2, -0.15) is 0 Å². The molecule has 271 valence electrons. The molecule has 0 saturated carbocycles. The average molecular weight is 824 g/mol. The van der Waals surface area contributed by atoms with Crippen LogP contribution in [0.15, 0.2) is 102 Å². The fourth-order valence-corrected chi connectivity index (χ4v) is 41.7. The maximum absolute atomic E-state index is 8.85. The average Bonchev–Trinajstić information content (AvgIpc) is 3.68. The van der Waals surface area contributed by atoms with Gasteiger partial charge in [-0.1, -0.05) is 0 Å². The monoisotopic (exact) mass is 821 g/mol. The fraction of sp³-hybridized carbons (Fsp3) is 0.375. The molecule has 0 aromatic heterocycles. The standard InChI is InChI=1S/C25H27.C21H23.C2H7Si.2ClH.Zr/c1-25(2,3)22-14-12-19(13-15-22)23-11-7-10-20-16-21(17-24(20)23)18-8-5-4-6-9-18;1-14-12-19-15(2)6-11-18(20(19)13-14)16-7-9-17(10-8-16)21(3,4)5;1-3-2;;;/h4-5,7,10-18H,6,8-9H2,1-3H3;6-13H,1-5H3;3H,1-2H3;2*1H;/q;;;;;+2/p-2. The van der Waals surface area contributed by atoms with Crippen molar-refractivity contribution in [2.45, 2.75) is 106 Å². The molecule has 3 aliphatic carbocycles. The van der Waals surface area contributed by atoms with Crippen LogP contribution < -0.4 is 0 Å². The normalized spacial score (nSPS) is 21.0. The molecule has 52 heavy (non-hydrogen) atoms. The molecule has 3 unspecified atom stereocenters. The van der Waals surface area contributed by atoms with Crippen LogP contribution in [0.25, 0.3) is 34.4 Å². The van der Waals surface area contributed by atoms with Gasteiger partial charge in [0.25, 0.3) is 0 Å². The molecule has 4 aromatic carbocycles. The van der Waals surface area contributed by atoms with Gasteiger partial charge in [0.15, 0.2) is 0 Å². The number of benzene rings is 4. The Morgan fingerprint density at radius 1 is 0.654 bits per heavy atom. The van der Waals surface area contributed by atoms with Crippen LogP contribution >= 0.6 is 17.0 Å². The summed E-state index contributed by atoms with van der Waals surface area (Å²) in [5.74, 6) is -1.23. The number of allylic oxidation sites excluding steroid dienone is 4. The summed E-state index contributed by atoms with van der Waals surface area (Å²) in [5.41, 5.74) is 17.7. The molecule has 0 fully saturated rings. The Hall–Kier alpha value is -2.22. The van der Waals surface area contributed by atoms with E-state index in [1.165, 1.54) is 72.3 Å². The fourth-order valence-electron chi connectivity index (χ4n) is 9.66. The zero-order valence-electron chi connectivity index (χ0n) is 33.0. The number of fused-ring (bicyclic) bond motifs is 2. The first-order valence-electron chi connectivity index (χ1n) is 19.5. The van der Waals surface area contributed by atoms with Crippen LogP contribution in [-0.2, 0) is 26.4 Å². The van der Waals surface area contributed by atoms with Crippen molar-refractivity contribution in [2.75, 3.05) is 0 Å². The first-order valence-corrected chi connectivity index (χ1v) is 35.8. The second-order valence-electron chi connectivity index (χ2n) is 18.5. The van der Waals surface area contributed by atoms with Crippen LogP contribution in [0.2, 0.25) is 13.1 Å². The summed E-state index contributed by atoms with van der Waals surface area (Å²) in [7, 11) is 17.7. The van der Waals surface area contributed by atoms with Crippen LogP contribution in [0.5, 0.6) is 0 Å². The van der Waals surface area contributed by atoms with E-state index in [1.807, 2.05) is 0 Å². The Morgan fingerprint density at radius 3 is 1.75 bits per heavy atom. The van der Waals surface area contributed by atoms with Crippen LogP contribution in [0, 0.1) is 12.8 Å². The van der Waals surface area contributed by atoms with Crippen molar-refractivity contribution < 1.29 is 15.6 Å². The van der Waals surface area contributed by atoms with Crippen molar-refractivity contribution in [1.29, 1.82) is 0 Å². The van der Waals surface area contributed by atoms with Gasteiger partial charge >= 0.3 is 326 Å². The van der Waals surface area contributed by atoms with E-state index in [1.54, 1.807) is 0 Å². The Kier molecular flexibility index (Phi) is 9.89. The summed E-state index contributed by atoms with van der Waals surface area (Å²) in [6.07, 6.45) is 13.1. The summed E-state index contributed by atoms with van der Waals surface area (Å²) >= 11 is -4.93. The SMILES string of the molecule is CC1=Cc2c(-c3ccc(C(C)(C)C)cc3)ccc(C)c2[CH]1[Zr]([Cl])([Cl])([CH]1C(C2CC=CCC2)=Cc2c(-c3ccc(C(C)(C)C)cc3)cccc21)[SiH](C)C. The molecule has 0 nitrogen and oxygen atoms in total. The van der Waals surface area contributed by atoms with E-state index in [9.17, 15) is 0 Å². The second kappa shape index (κ2) is 13.5.